The van der Waals surface area contributed by atoms with E-state index in [-0.39, 0.29) is 0 Å². The van der Waals surface area contributed by atoms with Gasteiger partial charge in [-0.2, -0.15) is 4.99 Å². The third-order valence-corrected chi connectivity index (χ3v) is 1.61. The van der Waals surface area contributed by atoms with E-state index < -0.39 is 0 Å². The standard InChI is InChI=1S/C10H8ClNO2/c11-5-2-6-14-10-4-1-3-9(7-10)12-8-13/h1-5,7H,6H2. The van der Waals surface area contributed by atoms with Crippen LogP contribution in [-0.4, -0.2) is 12.7 Å². The van der Waals surface area contributed by atoms with Gasteiger partial charge in [0.15, 0.2) is 0 Å². The second kappa shape index (κ2) is 5.97. The van der Waals surface area contributed by atoms with Crippen LogP contribution in [0, 0.1) is 0 Å². The lowest BCUT2D eigenvalue weighted by atomic mass is 10.3. The molecule has 0 unspecified atom stereocenters. The Labute approximate surface area is 86.7 Å². The number of hydrogen-bond acceptors (Lipinski definition) is 3. The normalized spacial score (nSPS) is 9.79. The average Bonchev–Trinajstić information content (AvgIpc) is 2.19. The molecule has 0 bridgehead atoms. The molecule has 1 aromatic rings. The highest BCUT2D eigenvalue weighted by molar-refractivity contribution is 6.25. The summed E-state index contributed by atoms with van der Waals surface area (Å²) in [6.07, 6.45) is 3.13. The molecule has 0 fully saturated rings. The first kappa shape index (κ1) is 10.5. The van der Waals surface area contributed by atoms with Gasteiger partial charge in [-0.1, -0.05) is 17.7 Å². The number of halogens is 1. The zero-order chi connectivity index (χ0) is 10.2. The fourth-order valence-electron chi connectivity index (χ4n) is 0.876. The van der Waals surface area contributed by atoms with Gasteiger partial charge >= 0.3 is 0 Å². The number of hydrogen-bond donors (Lipinski definition) is 0. The minimum Gasteiger partial charge on any atom is -0.489 e. The number of benzene rings is 1. The number of ether oxygens (including phenoxy) is 1. The fraction of sp³-hybridized carbons (Fsp3) is 0.100. The molecule has 0 radical (unpaired) electrons. The molecule has 0 aliphatic heterocycles. The minimum absolute atomic E-state index is 0.387. The molecular weight excluding hydrogens is 202 g/mol. The Morgan fingerprint density at radius 1 is 1.57 bits per heavy atom. The van der Waals surface area contributed by atoms with Crippen LogP contribution in [0.5, 0.6) is 5.75 Å². The number of isocyanates is 1. The Balaban J connectivity index is 2.68. The van der Waals surface area contributed by atoms with Crippen LogP contribution in [0.3, 0.4) is 0 Å². The first-order chi connectivity index (χ1) is 6.86. The first-order valence-electron chi connectivity index (χ1n) is 3.93. The largest absolute Gasteiger partial charge is 0.489 e. The fourth-order valence-corrected chi connectivity index (χ4v) is 0.949. The van der Waals surface area contributed by atoms with Crippen molar-refractivity contribution in [3.05, 3.63) is 35.9 Å². The van der Waals surface area contributed by atoms with Gasteiger partial charge in [-0.15, -0.1) is 0 Å². The van der Waals surface area contributed by atoms with E-state index in [4.69, 9.17) is 16.3 Å². The molecule has 0 aromatic heterocycles. The topological polar surface area (TPSA) is 38.7 Å². The van der Waals surface area contributed by atoms with Crippen LogP contribution in [0.15, 0.2) is 40.9 Å². The van der Waals surface area contributed by atoms with E-state index in [9.17, 15) is 4.79 Å². The van der Waals surface area contributed by atoms with E-state index in [1.807, 2.05) is 0 Å². The SMILES string of the molecule is O=C=Nc1cccc(OCC=CCl)c1. The Morgan fingerprint density at radius 2 is 2.43 bits per heavy atom. The van der Waals surface area contributed by atoms with E-state index in [0.29, 0.717) is 18.0 Å². The molecule has 1 rings (SSSR count). The summed E-state index contributed by atoms with van der Waals surface area (Å²) in [5, 5.41) is 0. The number of aliphatic imine (C=N–C) groups is 1. The maximum Gasteiger partial charge on any atom is 0.240 e. The quantitative estimate of drug-likeness (QED) is 0.565. The minimum atomic E-state index is 0.387. The van der Waals surface area contributed by atoms with Gasteiger partial charge in [0, 0.05) is 11.6 Å². The molecule has 0 aliphatic rings. The van der Waals surface area contributed by atoms with Gasteiger partial charge in [-0.05, 0) is 18.2 Å². The van der Waals surface area contributed by atoms with E-state index >= 15 is 0 Å². The molecule has 0 spiro atoms. The number of rotatable bonds is 4. The second-order valence-electron chi connectivity index (χ2n) is 2.37. The van der Waals surface area contributed by atoms with Crippen molar-refractivity contribution in [3.63, 3.8) is 0 Å². The van der Waals surface area contributed by atoms with Crippen LogP contribution in [0.25, 0.3) is 0 Å². The van der Waals surface area contributed by atoms with Gasteiger partial charge < -0.3 is 4.74 Å². The molecule has 0 saturated carbocycles. The maximum absolute atomic E-state index is 9.98. The summed E-state index contributed by atoms with van der Waals surface area (Å²) in [6, 6.07) is 6.85. The van der Waals surface area contributed by atoms with Gasteiger partial charge in [0.25, 0.3) is 0 Å². The highest BCUT2D eigenvalue weighted by Crippen LogP contribution is 2.19. The van der Waals surface area contributed by atoms with Crippen molar-refractivity contribution >= 4 is 23.4 Å². The third kappa shape index (κ3) is 3.44. The molecule has 0 atom stereocenters. The zero-order valence-corrected chi connectivity index (χ0v) is 8.07. The predicted molar refractivity (Wildman–Crippen MR) is 54.7 cm³/mol. The smallest absolute Gasteiger partial charge is 0.240 e. The summed E-state index contributed by atoms with van der Waals surface area (Å²) in [5.74, 6) is 0.635. The molecule has 0 aliphatic carbocycles. The second-order valence-corrected chi connectivity index (χ2v) is 2.63. The van der Waals surface area contributed by atoms with Crippen molar-refractivity contribution in [2.75, 3.05) is 6.61 Å². The lowest BCUT2D eigenvalue weighted by molar-refractivity contribution is 0.363. The molecule has 72 valence electrons. The van der Waals surface area contributed by atoms with Crippen molar-refractivity contribution in [1.29, 1.82) is 0 Å². The summed E-state index contributed by atoms with van der Waals surface area (Å²) in [4.78, 5) is 13.5. The predicted octanol–water partition coefficient (Wildman–Crippen LogP) is 2.79. The van der Waals surface area contributed by atoms with E-state index in [2.05, 4.69) is 4.99 Å². The van der Waals surface area contributed by atoms with Crippen LogP contribution in [0.4, 0.5) is 5.69 Å². The summed E-state index contributed by atoms with van der Waals surface area (Å²) in [6.45, 7) is 0.387. The summed E-state index contributed by atoms with van der Waals surface area (Å²) < 4.78 is 5.27. The van der Waals surface area contributed by atoms with E-state index in [0.717, 1.165) is 0 Å². The van der Waals surface area contributed by atoms with Crippen molar-refractivity contribution in [2.24, 2.45) is 4.99 Å². The number of nitrogens with zero attached hydrogens (tertiary/aromatic N) is 1. The summed E-state index contributed by atoms with van der Waals surface area (Å²) >= 11 is 5.32. The maximum atomic E-state index is 9.98. The Morgan fingerprint density at radius 3 is 3.14 bits per heavy atom. The Bertz CT molecular complexity index is 370. The van der Waals surface area contributed by atoms with Gasteiger partial charge in [-0.25, -0.2) is 4.79 Å². The molecule has 0 heterocycles. The molecule has 4 heteroatoms. The molecular formula is C10H8ClNO2. The Hall–Kier alpha value is -1.57. The van der Waals surface area contributed by atoms with Crippen molar-refractivity contribution < 1.29 is 9.53 Å². The van der Waals surface area contributed by atoms with Gasteiger partial charge in [0.1, 0.15) is 12.4 Å². The molecule has 0 N–H and O–H groups in total. The monoisotopic (exact) mass is 209 g/mol. The van der Waals surface area contributed by atoms with Crippen molar-refractivity contribution in [2.45, 2.75) is 0 Å². The first-order valence-corrected chi connectivity index (χ1v) is 4.36. The van der Waals surface area contributed by atoms with E-state index in [1.165, 1.54) is 11.6 Å². The summed E-state index contributed by atoms with van der Waals surface area (Å²) in [5.41, 5.74) is 1.90. The highest BCUT2D eigenvalue weighted by Gasteiger charge is 1.93. The Kier molecular flexibility index (Phi) is 4.48. The van der Waals surface area contributed by atoms with Crippen LogP contribution in [0.1, 0.15) is 0 Å². The van der Waals surface area contributed by atoms with Gasteiger partial charge in [0.2, 0.25) is 6.08 Å². The zero-order valence-electron chi connectivity index (χ0n) is 7.31. The van der Waals surface area contributed by atoms with Gasteiger partial charge in [-0.3, -0.25) is 0 Å². The van der Waals surface area contributed by atoms with Gasteiger partial charge in [0.05, 0.1) is 5.69 Å². The lowest BCUT2D eigenvalue weighted by Crippen LogP contribution is -1.91. The van der Waals surface area contributed by atoms with Crippen LogP contribution in [-0.2, 0) is 4.79 Å². The molecule has 0 amide bonds. The van der Waals surface area contributed by atoms with E-state index in [1.54, 1.807) is 30.3 Å². The molecule has 0 saturated heterocycles. The highest BCUT2D eigenvalue weighted by atomic mass is 35.5. The third-order valence-electron chi connectivity index (χ3n) is 1.43. The van der Waals surface area contributed by atoms with Crippen LogP contribution in [0.2, 0.25) is 0 Å². The molecule has 14 heavy (non-hydrogen) atoms. The van der Waals surface area contributed by atoms with Crippen LogP contribution >= 0.6 is 11.6 Å². The average molecular weight is 210 g/mol. The summed E-state index contributed by atoms with van der Waals surface area (Å²) in [7, 11) is 0. The van der Waals surface area contributed by atoms with Crippen LogP contribution < -0.4 is 4.74 Å². The number of carbonyl (C=O) groups excluding carboxylic acids is 1. The molecule has 1 aromatic carbocycles. The van der Waals surface area contributed by atoms with Crippen molar-refractivity contribution in [3.8, 4) is 5.75 Å². The lowest BCUT2D eigenvalue weighted by Gasteiger charge is -2.02. The molecule has 3 nitrogen and oxygen atoms in total. The van der Waals surface area contributed by atoms with Crippen molar-refractivity contribution in [1.82, 2.24) is 0 Å².